The van der Waals surface area contributed by atoms with Crippen molar-refractivity contribution < 1.29 is 9.15 Å². The normalized spacial score (nSPS) is 11.5. The van der Waals surface area contributed by atoms with Gasteiger partial charge in [-0.1, -0.05) is 55.0 Å². The number of ether oxygens (including phenoxy) is 1. The Labute approximate surface area is 166 Å². The van der Waals surface area contributed by atoms with E-state index in [1.807, 2.05) is 12.1 Å². The largest absolute Gasteiger partial charge is 0.492 e. The van der Waals surface area contributed by atoms with Crippen molar-refractivity contribution in [1.29, 1.82) is 0 Å². The van der Waals surface area contributed by atoms with E-state index in [0.29, 0.717) is 0 Å². The van der Waals surface area contributed by atoms with Gasteiger partial charge >= 0.3 is 0 Å². The molecule has 0 radical (unpaired) electrons. The van der Waals surface area contributed by atoms with Crippen LogP contribution in [0.4, 0.5) is 0 Å². The van der Waals surface area contributed by atoms with Crippen LogP contribution in [-0.2, 0) is 0 Å². The van der Waals surface area contributed by atoms with Crippen LogP contribution in [0.2, 0.25) is 0 Å². The molecule has 0 amide bonds. The summed E-state index contributed by atoms with van der Waals surface area (Å²) in [6.07, 6.45) is 7.61. The molecule has 0 aliphatic heterocycles. The Bertz CT molecular complexity index is 867. The first-order valence-electron chi connectivity index (χ1n) is 9.05. The molecule has 0 spiro atoms. The third kappa shape index (κ3) is 4.40. The summed E-state index contributed by atoms with van der Waals surface area (Å²) < 4.78 is 14.0. The highest BCUT2D eigenvalue weighted by Gasteiger charge is 2.13. The topological polar surface area (TPSA) is 22.4 Å². The first-order chi connectivity index (χ1) is 12.1. The molecule has 0 unspecified atom stereocenters. The van der Waals surface area contributed by atoms with Crippen LogP contribution in [0, 0.1) is 6.92 Å². The van der Waals surface area contributed by atoms with Crippen molar-refractivity contribution >= 4 is 53.8 Å². The van der Waals surface area contributed by atoms with E-state index in [-0.39, 0.29) is 0 Å². The first kappa shape index (κ1) is 18.8. The second-order valence-electron chi connectivity index (χ2n) is 6.59. The molecule has 0 N–H and O–H groups in total. The Morgan fingerprint density at radius 2 is 1.48 bits per heavy atom. The number of furan rings is 1. The van der Waals surface area contributed by atoms with Gasteiger partial charge in [-0.05, 0) is 59.1 Å². The smallest absolute Gasteiger partial charge is 0.136 e. The van der Waals surface area contributed by atoms with Crippen molar-refractivity contribution in [2.24, 2.45) is 0 Å². The fourth-order valence-corrected chi connectivity index (χ4v) is 3.84. The van der Waals surface area contributed by atoms with Gasteiger partial charge in [0.15, 0.2) is 0 Å². The molecule has 0 fully saturated rings. The molecule has 1 heterocycles. The number of fused-ring (bicyclic) bond motifs is 3. The summed E-state index contributed by atoms with van der Waals surface area (Å²) in [6.45, 7) is 5.10. The van der Waals surface area contributed by atoms with Gasteiger partial charge in [0.1, 0.15) is 16.9 Å². The summed E-state index contributed by atoms with van der Waals surface area (Å²) in [5.41, 5.74) is 2.98. The zero-order chi connectivity index (χ0) is 17.8. The van der Waals surface area contributed by atoms with Crippen LogP contribution in [0.1, 0.15) is 51.0 Å². The van der Waals surface area contributed by atoms with Crippen molar-refractivity contribution in [1.82, 2.24) is 0 Å². The van der Waals surface area contributed by atoms with Gasteiger partial charge in [-0.2, -0.15) is 0 Å². The second-order valence-corrected chi connectivity index (χ2v) is 8.30. The van der Waals surface area contributed by atoms with E-state index in [1.165, 1.54) is 37.7 Å². The lowest BCUT2D eigenvalue weighted by Gasteiger charge is -2.08. The maximum Gasteiger partial charge on any atom is 0.136 e. The molecule has 3 rings (SSSR count). The van der Waals surface area contributed by atoms with Gasteiger partial charge in [-0.25, -0.2) is 0 Å². The van der Waals surface area contributed by atoms with Crippen LogP contribution in [0.25, 0.3) is 21.9 Å². The highest BCUT2D eigenvalue weighted by atomic mass is 79.9. The van der Waals surface area contributed by atoms with Crippen molar-refractivity contribution in [2.75, 3.05) is 6.61 Å². The summed E-state index contributed by atoms with van der Waals surface area (Å²) in [5.74, 6) is 0.893. The third-order valence-electron chi connectivity index (χ3n) is 4.56. The van der Waals surface area contributed by atoms with E-state index < -0.39 is 0 Å². The van der Waals surface area contributed by atoms with Gasteiger partial charge in [-0.3, -0.25) is 0 Å². The molecule has 2 nitrogen and oxygen atoms in total. The number of unbranched alkanes of at least 4 members (excludes halogenated alkanes) is 5. The Morgan fingerprint density at radius 3 is 2.24 bits per heavy atom. The molecule has 2 aromatic carbocycles. The van der Waals surface area contributed by atoms with E-state index in [0.717, 1.165) is 49.7 Å². The van der Waals surface area contributed by atoms with Gasteiger partial charge in [-0.15, -0.1) is 0 Å². The number of aryl methyl sites for hydroxylation is 1. The summed E-state index contributed by atoms with van der Waals surface area (Å²) in [7, 11) is 0. The van der Waals surface area contributed by atoms with E-state index in [9.17, 15) is 0 Å². The Balaban J connectivity index is 1.74. The monoisotopic (exact) mass is 466 g/mol. The van der Waals surface area contributed by atoms with Crippen molar-refractivity contribution in [3.8, 4) is 5.75 Å². The summed E-state index contributed by atoms with van der Waals surface area (Å²) in [5, 5.41) is 2.24. The molecule has 25 heavy (non-hydrogen) atoms. The van der Waals surface area contributed by atoms with Gasteiger partial charge in [0.25, 0.3) is 0 Å². The fraction of sp³-hybridized carbons (Fsp3) is 0.429. The molecule has 0 saturated carbocycles. The Morgan fingerprint density at radius 1 is 0.840 bits per heavy atom. The number of benzene rings is 2. The molecule has 0 saturated heterocycles. The average molecular weight is 468 g/mol. The molecule has 134 valence electrons. The van der Waals surface area contributed by atoms with Crippen LogP contribution in [0.15, 0.2) is 37.6 Å². The Hall–Kier alpha value is -1.00. The third-order valence-corrected chi connectivity index (χ3v) is 6.03. The zero-order valence-corrected chi connectivity index (χ0v) is 18.0. The lowest BCUT2D eigenvalue weighted by atomic mass is 10.1. The minimum atomic E-state index is 0.761. The minimum absolute atomic E-state index is 0.761. The molecular formula is C21H24Br2O2. The fourth-order valence-electron chi connectivity index (χ4n) is 3.08. The minimum Gasteiger partial charge on any atom is -0.492 e. The molecule has 0 aliphatic rings. The van der Waals surface area contributed by atoms with Crippen molar-refractivity contribution in [3.05, 3.63) is 38.8 Å². The van der Waals surface area contributed by atoms with E-state index >= 15 is 0 Å². The van der Waals surface area contributed by atoms with Crippen molar-refractivity contribution in [3.63, 3.8) is 0 Å². The van der Waals surface area contributed by atoms with E-state index in [1.54, 1.807) is 0 Å². The molecule has 4 heteroatoms. The van der Waals surface area contributed by atoms with Crippen LogP contribution >= 0.6 is 31.9 Å². The standard InChI is InChI=1S/C21H24Br2O2/c1-3-4-5-6-7-8-9-24-21-11-16-15-10-14(2)17(22)12-19(15)25-20(16)13-18(21)23/h10-13H,3-9H2,1-2H3. The second kappa shape index (κ2) is 8.59. The lowest BCUT2D eigenvalue weighted by molar-refractivity contribution is 0.303. The molecule has 0 atom stereocenters. The highest BCUT2D eigenvalue weighted by Crippen LogP contribution is 2.38. The lowest BCUT2D eigenvalue weighted by Crippen LogP contribution is -1.98. The van der Waals surface area contributed by atoms with Crippen molar-refractivity contribution in [2.45, 2.75) is 52.4 Å². The molecule has 0 bridgehead atoms. The predicted octanol–water partition coefficient (Wildman–Crippen LogP) is 8.16. The highest BCUT2D eigenvalue weighted by molar-refractivity contribution is 9.10. The summed E-state index contributed by atoms with van der Waals surface area (Å²) in [6, 6.07) is 8.30. The average Bonchev–Trinajstić information content (AvgIpc) is 2.90. The predicted molar refractivity (Wildman–Crippen MR) is 113 cm³/mol. The molecular weight excluding hydrogens is 444 g/mol. The number of rotatable bonds is 8. The summed E-state index contributed by atoms with van der Waals surface area (Å²) >= 11 is 7.19. The molecule has 1 aromatic heterocycles. The molecule has 3 aromatic rings. The Kier molecular flexibility index (Phi) is 6.45. The summed E-state index contributed by atoms with van der Waals surface area (Å²) in [4.78, 5) is 0. The van der Waals surface area contributed by atoms with Crippen LogP contribution in [0.3, 0.4) is 0 Å². The van der Waals surface area contributed by atoms with Gasteiger partial charge in [0, 0.05) is 15.2 Å². The van der Waals surface area contributed by atoms with Crippen LogP contribution < -0.4 is 4.74 Å². The van der Waals surface area contributed by atoms with Gasteiger partial charge < -0.3 is 9.15 Å². The molecule has 0 aliphatic carbocycles. The van der Waals surface area contributed by atoms with Crippen LogP contribution in [0.5, 0.6) is 5.75 Å². The van der Waals surface area contributed by atoms with E-state index in [4.69, 9.17) is 9.15 Å². The number of hydrogen-bond donors (Lipinski definition) is 0. The maximum absolute atomic E-state index is 6.03. The first-order valence-corrected chi connectivity index (χ1v) is 10.6. The number of hydrogen-bond acceptors (Lipinski definition) is 2. The SMILES string of the molecule is CCCCCCCCOc1cc2c(cc1Br)oc1cc(Br)c(C)cc12. The maximum atomic E-state index is 6.03. The van der Waals surface area contributed by atoms with E-state index in [2.05, 4.69) is 57.8 Å². The zero-order valence-electron chi connectivity index (χ0n) is 14.8. The number of halogens is 2. The van der Waals surface area contributed by atoms with Gasteiger partial charge in [0.2, 0.25) is 0 Å². The van der Waals surface area contributed by atoms with Gasteiger partial charge in [0.05, 0.1) is 11.1 Å². The van der Waals surface area contributed by atoms with Crippen LogP contribution in [-0.4, -0.2) is 6.61 Å². The quantitative estimate of drug-likeness (QED) is 0.311.